The maximum atomic E-state index is 15.2. The summed E-state index contributed by atoms with van der Waals surface area (Å²) in [7, 11) is 4.92. The molecule has 6 N–H and O–H groups in total. The van der Waals surface area contributed by atoms with Gasteiger partial charge in [0.05, 0.1) is 25.9 Å². The number of nitrogens with one attached hydrogen (secondary N) is 1. The fourth-order valence-electron chi connectivity index (χ4n) is 13.1. The summed E-state index contributed by atoms with van der Waals surface area (Å²) in [4.78, 5) is 39.4. The van der Waals surface area contributed by atoms with Gasteiger partial charge in [-0.25, -0.2) is 0 Å². The van der Waals surface area contributed by atoms with Crippen molar-refractivity contribution in [2.75, 3.05) is 58.9 Å². The molecule has 10 atom stereocenters. The van der Waals surface area contributed by atoms with E-state index in [9.17, 15) is 20.1 Å². The van der Waals surface area contributed by atoms with Crippen molar-refractivity contribution in [1.29, 1.82) is 0 Å². The number of rotatable bonds is 6. The van der Waals surface area contributed by atoms with E-state index in [1.54, 1.807) is 7.11 Å². The first-order chi connectivity index (χ1) is 26.8. The second kappa shape index (κ2) is 12.8. The number of carbonyl (C=O) groups is 2. The summed E-state index contributed by atoms with van der Waals surface area (Å²) in [5.74, 6) is -0.864. The average molecular weight is 768 g/mol. The van der Waals surface area contributed by atoms with E-state index < -0.39 is 51.5 Å². The van der Waals surface area contributed by atoms with Crippen LogP contribution in [0.25, 0.3) is 10.9 Å². The van der Waals surface area contributed by atoms with Crippen LogP contribution in [0.2, 0.25) is 0 Å². The van der Waals surface area contributed by atoms with E-state index in [1.807, 2.05) is 62.2 Å². The van der Waals surface area contributed by atoms with Gasteiger partial charge in [0.1, 0.15) is 17.3 Å². The lowest BCUT2D eigenvalue weighted by molar-refractivity contribution is -0.201. The van der Waals surface area contributed by atoms with Crippen LogP contribution in [0.15, 0.2) is 48.6 Å². The number of primary amides is 1. The van der Waals surface area contributed by atoms with Crippen molar-refractivity contribution < 1.29 is 34.4 Å². The summed E-state index contributed by atoms with van der Waals surface area (Å²) >= 11 is 0. The largest absolute Gasteiger partial charge is 0.496 e. The maximum Gasteiger partial charge on any atom is 0.322 e. The highest BCUT2D eigenvalue weighted by Crippen LogP contribution is 2.67. The number of nitrogens with zero attached hydrogens (tertiary/aromatic N) is 3. The Morgan fingerprint density at radius 2 is 1.82 bits per heavy atom. The highest BCUT2D eigenvalue weighted by molar-refractivity contribution is 5.95. The molecule has 2 aromatic carbocycles. The minimum absolute atomic E-state index is 0.0153. The molecule has 1 spiro atoms. The van der Waals surface area contributed by atoms with Crippen LogP contribution in [0.4, 0.5) is 5.69 Å². The number of benzene rings is 2. The molecule has 9 rings (SSSR count). The van der Waals surface area contributed by atoms with Crippen molar-refractivity contribution in [2.24, 2.45) is 17.1 Å². The molecule has 1 aliphatic carbocycles. The molecule has 12 heteroatoms. The van der Waals surface area contributed by atoms with Crippen molar-refractivity contribution >= 4 is 28.5 Å². The summed E-state index contributed by atoms with van der Waals surface area (Å²) in [5, 5.41) is 37.9. The molecule has 6 aliphatic rings. The number of hydrogen-bond acceptors (Lipinski definition) is 10. The molecule has 1 aromatic heterocycles. The van der Waals surface area contributed by atoms with Crippen LogP contribution in [0.1, 0.15) is 74.8 Å². The molecular weight excluding hydrogens is 711 g/mol. The van der Waals surface area contributed by atoms with E-state index >= 15 is 4.79 Å². The summed E-state index contributed by atoms with van der Waals surface area (Å²) in [6, 6.07) is 11.1. The Bertz CT molecular complexity index is 2140. The minimum atomic E-state index is -2.30. The fraction of sp³-hybridized carbons (Fsp3) is 0.591. The highest BCUT2D eigenvalue weighted by Gasteiger charge is 2.78. The first-order valence-electron chi connectivity index (χ1n) is 20.5. The number of ether oxygens (including phenoxy) is 2. The molecule has 5 aliphatic heterocycles. The number of methoxy groups -OCH3 is 2. The number of fused-ring (bicyclic) bond motifs is 6. The van der Waals surface area contributed by atoms with Crippen molar-refractivity contribution in [3.8, 4) is 5.75 Å². The summed E-state index contributed by atoms with van der Waals surface area (Å²) in [6.07, 6.45) is 6.72. The monoisotopic (exact) mass is 767 g/mol. The Morgan fingerprint density at radius 1 is 1.04 bits per heavy atom. The van der Waals surface area contributed by atoms with Crippen LogP contribution in [-0.4, -0.2) is 125 Å². The van der Waals surface area contributed by atoms with Crippen LogP contribution in [-0.2, 0) is 31.6 Å². The van der Waals surface area contributed by atoms with Gasteiger partial charge in [0.25, 0.3) is 5.91 Å². The molecule has 300 valence electrons. The molecule has 12 nitrogen and oxygen atoms in total. The number of nitrogens with two attached hydrogens (primary N) is 1. The standard InChI is InChI=1S/C44H57N5O7/c1-6-40(53)16-13-26-23-43(39(52)56-5,34-28(14-19-48(24-26)25-40)27-11-8-9-12-31(27)46-34)30-21-29-32(22-33(30)55-4)47(3)36-42(29)17-20-49-18-10-15-41(7-2,35(42)49)37(50)44(36,54)38(45)51/h8-12,15,21-22,26,35-37,46,50,53-54H,6-7,13-14,16-20,23-25H2,1-5H3,(H2,45,51)/t26-,35+,36-,37-,40+,41-,42-,43+,44+/m1/s1. The van der Waals surface area contributed by atoms with Crippen molar-refractivity contribution in [3.05, 3.63) is 70.9 Å². The molecule has 0 radical (unpaired) electrons. The van der Waals surface area contributed by atoms with Gasteiger partial charge in [-0.05, 0) is 80.7 Å². The van der Waals surface area contributed by atoms with Gasteiger partial charge in [-0.2, -0.15) is 0 Å². The number of hydrogen-bond donors (Lipinski definition) is 5. The third kappa shape index (κ3) is 4.64. The number of aromatic amines is 1. The van der Waals surface area contributed by atoms with Gasteiger partial charge >= 0.3 is 5.97 Å². The Labute approximate surface area is 328 Å². The quantitative estimate of drug-likeness (QED) is 0.186. The van der Waals surface area contributed by atoms with E-state index in [0.717, 1.165) is 52.9 Å². The normalized spacial score (nSPS) is 38.7. The Hall–Kier alpha value is -3.94. The van der Waals surface area contributed by atoms with E-state index in [2.05, 4.69) is 26.9 Å². The number of H-pyrrole nitrogens is 1. The topological polar surface area (TPSA) is 165 Å². The van der Waals surface area contributed by atoms with E-state index in [0.29, 0.717) is 69.5 Å². The molecule has 1 unspecified atom stereocenters. The lowest BCUT2D eigenvalue weighted by atomic mass is 9.47. The van der Waals surface area contributed by atoms with Gasteiger partial charge < -0.3 is 40.4 Å². The molecule has 3 fully saturated rings. The molecule has 56 heavy (non-hydrogen) atoms. The third-order valence-corrected chi connectivity index (χ3v) is 15.6. The van der Waals surface area contributed by atoms with Gasteiger partial charge in [-0.3, -0.25) is 19.4 Å². The van der Waals surface area contributed by atoms with Gasteiger partial charge in [0.2, 0.25) is 0 Å². The molecule has 3 aromatic rings. The SMILES string of the molecule is CC[C@]1(O)CC[C@H]2CN(CCc3c([nH]c4ccccc34)[C@@](C(=O)OC)(c3cc4c(cc3OC)N(C)[C@H]3[C@@](O)(C(N)=O)[C@H](O)[C@]5(CC)C=CCN6CC[C@]43[C@@H]65)C2)C1. The second-order valence-corrected chi connectivity index (χ2v) is 17.8. The van der Waals surface area contributed by atoms with Gasteiger partial charge in [0, 0.05) is 84.0 Å². The number of carbonyl (C=O) groups excluding carboxylic acids is 2. The average Bonchev–Trinajstić information content (AvgIpc) is 3.83. The predicted molar refractivity (Wildman–Crippen MR) is 213 cm³/mol. The van der Waals surface area contributed by atoms with E-state index in [1.165, 1.54) is 7.11 Å². The number of anilines is 1. The number of aromatic nitrogens is 1. The van der Waals surface area contributed by atoms with Crippen LogP contribution in [0.5, 0.6) is 5.75 Å². The lowest BCUT2D eigenvalue weighted by Crippen LogP contribution is -2.81. The number of amides is 1. The maximum absolute atomic E-state index is 15.2. The minimum Gasteiger partial charge on any atom is -0.496 e. The molecule has 6 heterocycles. The molecule has 2 saturated heterocycles. The van der Waals surface area contributed by atoms with Crippen LogP contribution < -0.4 is 15.4 Å². The number of likely N-dealkylation sites (N-methyl/N-ethyl adjacent to an activating group) is 1. The highest BCUT2D eigenvalue weighted by atomic mass is 16.5. The summed E-state index contributed by atoms with van der Waals surface area (Å²) in [6.45, 7) is 7.43. The number of aliphatic hydroxyl groups is 3. The Morgan fingerprint density at radius 3 is 2.54 bits per heavy atom. The van der Waals surface area contributed by atoms with Crippen LogP contribution in [0, 0.1) is 11.3 Å². The zero-order valence-electron chi connectivity index (χ0n) is 33.3. The third-order valence-electron chi connectivity index (χ3n) is 15.6. The van der Waals surface area contributed by atoms with Crippen molar-refractivity contribution in [2.45, 2.75) is 99.0 Å². The smallest absolute Gasteiger partial charge is 0.322 e. The predicted octanol–water partition coefficient (Wildman–Crippen LogP) is 3.12. The fourth-order valence-corrected chi connectivity index (χ4v) is 13.1. The first-order valence-corrected chi connectivity index (χ1v) is 20.5. The van der Waals surface area contributed by atoms with Gasteiger partial charge in [-0.1, -0.05) is 44.2 Å². The Balaban J connectivity index is 1.35. The lowest BCUT2D eigenvalue weighted by Gasteiger charge is -2.63. The van der Waals surface area contributed by atoms with Crippen molar-refractivity contribution in [1.82, 2.24) is 14.8 Å². The van der Waals surface area contributed by atoms with Crippen LogP contribution in [0.3, 0.4) is 0 Å². The zero-order chi connectivity index (χ0) is 39.6. The number of aliphatic hydroxyl groups excluding tert-OH is 1. The van der Waals surface area contributed by atoms with Gasteiger partial charge in [0.15, 0.2) is 5.60 Å². The van der Waals surface area contributed by atoms with E-state index in [4.69, 9.17) is 15.2 Å². The first kappa shape index (κ1) is 37.6. The molecule has 1 amide bonds. The van der Waals surface area contributed by atoms with Crippen LogP contribution >= 0.6 is 0 Å². The molecule has 1 saturated carbocycles. The van der Waals surface area contributed by atoms with Gasteiger partial charge in [-0.15, -0.1) is 0 Å². The Kier molecular flexibility index (Phi) is 8.59. The second-order valence-electron chi connectivity index (χ2n) is 17.8. The number of esters is 1. The summed E-state index contributed by atoms with van der Waals surface area (Å²) < 4.78 is 12.3. The van der Waals surface area contributed by atoms with Crippen molar-refractivity contribution in [3.63, 3.8) is 0 Å². The van der Waals surface area contributed by atoms with E-state index in [-0.39, 0.29) is 12.0 Å². The molecular formula is C44H57N5O7. The summed E-state index contributed by atoms with van der Waals surface area (Å²) in [5.41, 5.74) is 4.93. The number of para-hydroxylation sites is 1. The molecule has 2 bridgehead atoms. The zero-order valence-corrected chi connectivity index (χ0v) is 33.3.